The zero-order valence-corrected chi connectivity index (χ0v) is 27.7. The van der Waals surface area contributed by atoms with Crippen LogP contribution in [-0.2, 0) is 25.7 Å². The number of nitrogens with two attached hydrogens (primary N) is 1. The van der Waals surface area contributed by atoms with Gasteiger partial charge in [0, 0.05) is 50.0 Å². The molecule has 46 heavy (non-hydrogen) atoms. The van der Waals surface area contributed by atoms with Gasteiger partial charge in [-0.1, -0.05) is 18.7 Å². The summed E-state index contributed by atoms with van der Waals surface area (Å²) in [6.07, 6.45) is 2.61. The number of piperidine rings is 2. The van der Waals surface area contributed by atoms with Gasteiger partial charge in [0.2, 0.25) is 10.0 Å². The summed E-state index contributed by atoms with van der Waals surface area (Å²) in [5, 5.41) is 3.24. The van der Waals surface area contributed by atoms with E-state index in [1.165, 1.54) is 16.6 Å². The summed E-state index contributed by atoms with van der Waals surface area (Å²) in [5.41, 5.74) is 6.70. The third kappa shape index (κ3) is 9.11. The number of nitrogens with one attached hydrogen (secondary N) is 1. The first-order valence-corrected chi connectivity index (χ1v) is 17.7. The molecule has 3 N–H and O–H groups in total. The molecule has 0 radical (unpaired) electrons. The molecule has 0 saturated carbocycles. The molecule has 0 spiro atoms. The van der Waals surface area contributed by atoms with Crippen molar-refractivity contribution in [3.05, 3.63) is 58.9 Å². The fourth-order valence-corrected chi connectivity index (χ4v) is 7.33. The first kappa shape index (κ1) is 35.9. The van der Waals surface area contributed by atoms with E-state index in [9.17, 15) is 26.4 Å². The zero-order valence-electron chi connectivity index (χ0n) is 26.9. The number of benzene rings is 1. The van der Waals surface area contributed by atoms with E-state index in [0.717, 1.165) is 70.1 Å². The Morgan fingerprint density at radius 2 is 1.83 bits per heavy atom. The normalized spacial score (nSPS) is 23.5. The summed E-state index contributed by atoms with van der Waals surface area (Å²) < 4.78 is 71.1. The highest BCUT2D eigenvalue weighted by Crippen LogP contribution is 2.35. The number of carbonyl (C=O) groups excluding carboxylic acids is 1. The van der Waals surface area contributed by atoms with Gasteiger partial charge < -0.3 is 25.6 Å². The van der Waals surface area contributed by atoms with Crippen LogP contribution in [0.3, 0.4) is 0 Å². The molecule has 3 heterocycles. The second-order valence-electron chi connectivity index (χ2n) is 12.5. The molecule has 10 nitrogen and oxygen atoms in total. The van der Waals surface area contributed by atoms with Gasteiger partial charge >= 0.3 is 6.18 Å². The predicted octanol–water partition coefficient (Wildman–Crippen LogP) is 4.03. The Morgan fingerprint density at radius 3 is 2.43 bits per heavy atom. The number of rotatable bonds is 10. The van der Waals surface area contributed by atoms with Gasteiger partial charge in [-0.15, -0.1) is 0 Å². The van der Waals surface area contributed by atoms with Crippen LogP contribution < -0.4 is 11.1 Å². The van der Waals surface area contributed by atoms with Crippen molar-refractivity contribution in [2.24, 2.45) is 10.7 Å². The minimum atomic E-state index is -4.41. The van der Waals surface area contributed by atoms with Crippen LogP contribution in [0.5, 0.6) is 0 Å². The Bertz CT molecular complexity index is 1400. The summed E-state index contributed by atoms with van der Waals surface area (Å²) >= 11 is 0. The molecule has 1 aromatic rings. The molecule has 0 aliphatic carbocycles. The lowest BCUT2D eigenvalue weighted by atomic mass is 9.97. The van der Waals surface area contributed by atoms with Crippen molar-refractivity contribution in [3.63, 3.8) is 0 Å². The number of carbonyl (C=O) groups is 1. The van der Waals surface area contributed by atoms with E-state index in [0.29, 0.717) is 48.9 Å². The molecule has 4 rings (SSSR count). The lowest BCUT2D eigenvalue weighted by Gasteiger charge is -2.43. The molecule has 3 saturated heterocycles. The van der Waals surface area contributed by atoms with E-state index < -0.39 is 27.9 Å². The Hall–Kier alpha value is -2.94. The van der Waals surface area contributed by atoms with Crippen molar-refractivity contribution in [3.8, 4) is 0 Å². The average Bonchev–Trinajstić information content (AvgIpc) is 3.04. The molecule has 14 heteroatoms. The molecule has 3 aliphatic rings. The lowest BCUT2D eigenvalue weighted by Crippen LogP contribution is -2.52. The Labute approximate surface area is 270 Å². The minimum Gasteiger partial charge on any atom is -0.390 e. The Balaban J connectivity index is 1.30. The third-order valence-electron chi connectivity index (χ3n) is 9.50. The fraction of sp³-hybridized carbons (Fsp3) is 0.625. The number of hydrogen-bond acceptors (Lipinski definition) is 7. The fourth-order valence-electron chi connectivity index (χ4n) is 6.58. The maximum atomic E-state index is 13.6. The minimum absolute atomic E-state index is 0.0147. The average molecular weight is 669 g/mol. The third-order valence-corrected chi connectivity index (χ3v) is 10.8. The number of halogens is 3. The number of aliphatic imine (C=N–C) groups is 1. The number of ether oxygens (including phenoxy) is 1. The highest BCUT2D eigenvalue weighted by molar-refractivity contribution is 7.88. The summed E-state index contributed by atoms with van der Waals surface area (Å²) in [4.78, 5) is 22.0. The van der Waals surface area contributed by atoms with Gasteiger partial charge in [-0.25, -0.2) is 17.7 Å². The van der Waals surface area contributed by atoms with Crippen LogP contribution in [0, 0.1) is 0 Å². The standard InChI is InChI=1S/C32H47F3N6O4S/c1-22(23(2)37-20-28-9-6-10-29(45-28)24-7-5-8-25(19-24)32(33,34)35)30(38-21-36)31(42)41-17-13-27(14-18-41)40-15-11-26(12-16-40)39(3)46(4,43)44/h5,7-8,19,21,26-29,37H,2,6,9-18,20H2,1,3-4H3,(H2,36,38)/b30-22-/t28-,29+/m1/s1. The molecule has 1 aromatic carbocycles. The van der Waals surface area contributed by atoms with Crippen molar-refractivity contribution in [1.29, 1.82) is 0 Å². The van der Waals surface area contributed by atoms with Gasteiger partial charge in [0.15, 0.2) is 0 Å². The molecular formula is C32H47F3N6O4S. The molecule has 3 fully saturated rings. The van der Waals surface area contributed by atoms with E-state index in [4.69, 9.17) is 10.5 Å². The van der Waals surface area contributed by atoms with E-state index in [1.54, 1.807) is 24.9 Å². The Kier molecular flexibility index (Phi) is 11.9. The number of allylic oxidation sites excluding steroid dienone is 1. The quantitative estimate of drug-likeness (QED) is 0.167. The summed E-state index contributed by atoms with van der Waals surface area (Å²) in [6.45, 7) is 9.02. The number of sulfonamides is 1. The molecule has 0 aromatic heterocycles. The number of hydrogen-bond donors (Lipinski definition) is 2. The number of nitrogens with zero attached hydrogens (tertiary/aromatic N) is 4. The van der Waals surface area contributed by atoms with Crippen molar-refractivity contribution in [2.75, 3.05) is 46.0 Å². The van der Waals surface area contributed by atoms with E-state index in [2.05, 4.69) is 21.8 Å². The lowest BCUT2D eigenvalue weighted by molar-refractivity contribution is -0.137. The van der Waals surface area contributed by atoms with Crippen molar-refractivity contribution >= 4 is 22.3 Å². The molecule has 0 bridgehead atoms. The van der Waals surface area contributed by atoms with E-state index in [-0.39, 0.29) is 23.8 Å². The highest BCUT2D eigenvalue weighted by Gasteiger charge is 2.34. The molecule has 1 amide bonds. The van der Waals surface area contributed by atoms with Crippen LogP contribution in [0.25, 0.3) is 0 Å². The number of alkyl halides is 3. The first-order valence-electron chi connectivity index (χ1n) is 15.9. The topological polar surface area (TPSA) is 121 Å². The monoisotopic (exact) mass is 668 g/mol. The first-order chi connectivity index (χ1) is 21.7. The van der Waals surface area contributed by atoms with E-state index >= 15 is 0 Å². The van der Waals surface area contributed by atoms with Gasteiger partial charge in [0.05, 0.1) is 30.4 Å². The molecular weight excluding hydrogens is 621 g/mol. The van der Waals surface area contributed by atoms with Gasteiger partial charge in [0.25, 0.3) is 5.91 Å². The molecule has 2 atom stereocenters. The zero-order chi connectivity index (χ0) is 33.6. The van der Waals surface area contributed by atoms with Crippen LogP contribution in [-0.4, -0.2) is 99.0 Å². The van der Waals surface area contributed by atoms with Gasteiger partial charge in [-0.3, -0.25) is 4.79 Å². The van der Waals surface area contributed by atoms with Gasteiger partial charge in [-0.05, 0) is 82.7 Å². The second-order valence-corrected chi connectivity index (χ2v) is 14.5. The highest BCUT2D eigenvalue weighted by atomic mass is 32.2. The van der Waals surface area contributed by atoms with Crippen LogP contribution >= 0.6 is 0 Å². The van der Waals surface area contributed by atoms with Crippen LogP contribution in [0.2, 0.25) is 0 Å². The molecule has 3 aliphatic heterocycles. The van der Waals surface area contributed by atoms with Crippen molar-refractivity contribution in [1.82, 2.24) is 19.4 Å². The smallest absolute Gasteiger partial charge is 0.390 e. The maximum absolute atomic E-state index is 13.6. The van der Waals surface area contributed by atoms with Crippen LogP contribution in [0.15, 0.2) is 52.8 Å². The SMILES string of the molecule is C=C(NC[C@H]1CCC[C@@H](c2cccc(C(F)(F)F)c2)O1)/C(C)=C(\N=C/N)C(=O)N1CCC(N2CCC(N(C)S(C)(=O)=O)CC2)CC1. The largest absolute Gasteiger partial charge is 0.416 e. The van der Waals surface area contributed by atoms with Crippen molar-refractivity contribution in [2.45, 2.75) is 82.3 Å². The number of likely N-dealkylation sites (tertiary alicyclic amines) is 2. The van der Waals surface area contributed by atoms with Crippen LogP contribution in [0.1, 0.15) is 69.1 Å². The summed E-state index contributed by atoms with van der Waals surface area (Å²) in [5.74, 6) is -0.229. The Morgan fingerprint density at radius 1 is 1.15 bits per heavy atom. The van der Waals surface area contributed by atoms with E-state index in [1.807, 2.05) is 0 Å². The molecule has 0 unspecified atom stereocenters. The number of amides is 1. The summed E-state index contributed by atoms with van der Waals surface area (Å²) in [6, 6.07) is 5.62. The van der Waals surface area contributed by atoms with Crippen molar-refractivity contribution < 1.29 is 31.1 Å². The van der Waals surface area contributed by atoms with Crippen LogP contribution in [0.4, 0.5) is 13.2 Å². The van der Waals surface area contributed by atoms with Gasteiger partial charge in [0.1, 0.15) is 5.70 Å². The second kappa shape index (κ2) is 15.3. The summed E-state index contributed by atoms with van der Waals surface area (Å²) in [7, 11) is -1.57. The predicted molar refractivity (Wildman–Crippen MR) is 172 cm³/mol. The molecule has 256 valence electrons. The maximum Gasteiger partial charge on any atom is 0.416 e. The van der Waals surface area contributed by atoms with Gasteiger partial charge in [-0.2, -0.15) is 13.2 Å².